The molecule has 4 fully saturated rings. The van der Waals surface area contributed by atoms with Gasteiger partial charge in [-0.15, -0.1) is 0 Å². The van der Waals surface area contributed by atoms with Crippen molar-refractivity contribution in [1.82, 2.24) is 0 Å². The van der Waals surface area contributed by atoms with E-state index in [0.717, 1.165) is 64.2 Å². The zero-order chi connectivity index (χ0) is 24.9. The lowest BCUT2D eigenvalue weighted by Gasteiger charge is -2.70. The molecule has 0 saturated heterocycles. The van der Waals surface area contributed by atoms with Gasteiger partial charge in [-0.05, 0) is 111 Å². The van der Waals surface area contributed by atoms with Gasteiger partial charge in [-0.1, -0.05) is 52.7 Å². The van der Waals surface area contributed by atoms with Crippen LogP contribution >= 0.6 is 0 Å². The number of carboxylic acid groups (broad SMARTS) is 2. The molecule has 2 unspecified atom stereocenters. The van der Waals surface area contributed by atoms with Crippen LogP contribution in [0.3, 0.4) is 0 Å². The molecule has 34 heavy (non-hydrogen) atoms. The van der Waals surface area contributed by atoms with E-state index in [1.54, 1.807) is 0 Å². The molecule has 0 radical (unpaired) electrons. The Morgan fingerprint density at radius 1 is 0.853 bits per heavy atom. The van der Waals surface area contributed by atoms with Crippen molar-refractivity contribution in [3.63, 3.8) is 0 Å². The molecule has 190 valence electrons. The predicted octanol–water partition coefficient (Wildman–Crippen LogP) is 7.18. The highest BCUT2D eigenvalue weighted by Crippen LogP contribution is 2.75. The molecule has 10 atom stereocenters. The van der Waals surface area contributed by atoms with E-state index in [-0.39, 0.29) is 28.1 Å². The van der Waals surface area contributed by atoms with Crippen LogP contribution in [0.5, 0.6) is 0 Å². The Kier molecular flexibility index (Phi) is 5.27. The first kappa shape index (κ1) is 24.4. The second kappa shape index (κ2) is 7.35. The van der Waals surface area contributed by atoms with E-state index in [1.165, 1.54) is 5.57 Å². The third-order valence-electron chi connectivity index (χ3n) is 13.4. The molecule has 0 spiro atoms. The molecular formula is C30H46O4. The summed E-state index contributed by atoms with van der Waals surface area (Å²) in [4.78, 5) is 25.3. The molecule has 0 heterocycles. The minimum Gasteiger partial charge on any atom is -0.481 e. The summed E-state index contributed by atoms with van der Waals surface area (Å²) in [6.07, 6.45) is 12.0. The van der Waals surface area contributed by atoms with E-state index < -0.39 is 22.8 Å². The van der Waals surface area contributed by atoms with E-state index in [2.05, 4.69) is 40.7 Å². The molecule has 5 rings (SSSR count). The average molecular weight is 471 g/mol. The minimum atomic E-state index is -0.627. The standard InChI is InChI=1S/C30H46O4/c1-18-10-15-30(25(33)34)17-16-28(5)20(23(30)19(18)2)8-9-22-26(3)12-7-13-27(4,24(31)32)21(26)11-14-29(22,28)6/h8,18-19,21-23H,7,9-17H2,1-6H3,(H,31,32)(H,33,34)/t18-,19+,21?,22-,23+,26+,27?,28-,29-,30+/m1/s1. The zero-order valence-electron chi connectivity index (χ0n) is 22.2. The Bertz CT molecular complexity index is 938. The Morgan fingerprint density at radius 3 is 2.21 bits per heavy atom. The van der Waals surface area contributed by atoms with Gasteiger partial charge in [0, 0.05) is 0 Å². The first-order chi connectivity index (χ1) is 15.8. The molecule has 5 aliphatic rings. The second-order valence-electron chi connectivity index (χ2n) is 14.2. The molecule has 0 aromatic rings. The SMILES string of the molecule is C[C@H]1[C@H](C)CC[C@]2(C(=O)O)CC[C@]3(C)C(=CC[C@@H]4[C@@]5(C)CCCC(C)(C(=O)O)C5CC[C@]43C)[C@H]12. The van der Waals surface area contributed by atoms with Gasteiger partial charge < -0.3 is 10.2 Å². The van der Waals surface area contributed by atoms with Crippen molar-refractivity contribution in [3.8, 4) is 0 Å². The number of hydrogen-bond donors (Lipinski definition) is 2. The number of rotatable bonds is 2. The van der Waals surface area contributed by atoms with Gasteiger partial charge in [0.2, 0.25) is 0 Å². The van der Waals surface area contributed by atoms with Gasteiger partial charge in [0.05, 0.1) is 10.8 Å². The van der Waals surface area contributed by atoms with Crippen LogP contribution in [0.1, 0.15) is 106 Å². The van der Waals surface area contributed by atoms with E-state index in [0.29, 0.717) is 17.8 Å². The van der Waals surface area contributed by atoms with E-state index in [9.17, 15) is 19.8 Å². The molecule has 4 saturated carbocycles. The van der Waals surface area contributed by atoms with Gasteiger partial charge in [0.1, 0.15) is 0 Å². The van der Waals surface area contributed by atoms with Crippen molar-refractivity contribution in [1.29, 1.82) is 0 Å². The smallest absolute Gasteiger partial charge is 0.310 e. The van der Waals surface area contributed by atoms with Crippen molar-refractivity contribution >= 4 is 11.9 Å². The maximum atomic E-state index is 12.8. The van der Waals surface area contributed by atoms with Crippen molar-refractivity contribution in [2.24, 2.45) is 56.7 Å². The summed E-state index contributed by atoms with van der Waals surface area (Å²) in [5.74, 6) is 0.553. The lowest BCUT2D eigenvalue weighted by Crippen LogP contribution is -2.65. The minimum absolute atomic E-state index is 0.00406. The quantitative estimate of drug-likeness (QED) is 0.419. The zero-order valence-corrected chi connectivity index (χ0v) is 22.2. The molecule has 0 aromatic carbocycles. The van der Waals surface area contributed by atoms with Crippen LogP contribution in [0.25, 0.3) is 0 Å². The first-order valence-electron chi connectivity index (χ1n) is 14.0. The van der Waals surface area contributed by atoms with Gasteiger partial charge in [-0.3, -0.25) is 9.59 Å². The fraction of sp³-hybridized carbons (Fsp3) is 0.867. The molecule has 0 bridgehead atoms. The molecule has 0 amide bonds. The summed E-state index contributed by atoms with van der Waals surface area (Å²) in [6.45, 7) is 14.0. The molecule has 5 aliphatic carbocycles. The van der Waals surface area contributed by atoms with Gasteiger partial charge >= 0.3 is 11.9 Å². The highest BCUT2D eigenvalue weighted by molar-refractivity contribution is 5.77. The molecule has 4 heteroatoms. The number of hydrogen-bond acceptors (Lipinski definition) is 2. The molecule has 0 aliphatic heterocycles. The predicted molar refractivity (Wildman–Crippen MR) is 133 cm³/mol. The van der Waals surface area contributed by atoms with E-state index in [1.807, 2.05) is 6.92 Å². The van der Waals surface area contributed by atoms with Crippen molar-refractivity contribution in [2.45, 2.75) is 106 Å². The number of carboxylic acids is 2. The number of aliphatic carboxylic acids is 2. The lowest BCUT2D eigenvalue weighted by atomic mass is 9.33. The van der Waals surface area contributed by atoms with Crippen molar-refractivity contribution in [3.05, 3.63) is 11.6 Å². The summed E-state index contributed by atoms with van der Waals surface area (Å²) in [5.41, 5.74) is 0.333. The number of allylic oxidation sites excluding steroid dienone is 2. The van der Waals surface area contributed by atoms with Crippen LogP contribution in [0.15, 0.2) is 11.6 Å². The van der Waals surface area contributed by atoms with Gasteiger partial charge in [0.15, 0.2) is 0 Å². The van der Waals surface area contributed by atoms with Crippen LogP contribution in [0, 0.1) is 56.7 Å². The third kappa shape index (κ3) is 2.72. The largest absolute Gasteiger partial charge is 0.481 e. The van der Waals surface area contributed by atoms with Gasteiger partial charge in [0.25, 0.3) is 0 Å². The highest BCUT2D eigenvalue weighted by atomic mass is 16.4. The molecular weight excluding hydrogens is 424 g/mol. The number of fused-ring (bicyclic) bond motifs is 7. The molecule has 0 aromatic heterocycles. The maximum absolute atomic E-state index is 12.8. The monoisotopic (exact) mass is 470 g/mol. The summed E-state index contributed by atoms with van der Waals surface area (Å²) in [6, 6.07) is 0. The first-order valence-corrected chi connectivity index (χ1v) is 14.0. The topological polar surface area (TPSA) is 74.6 Å². The van der Waals surface area contributed by atoms with Crippen LogP contribution in [0.4, 0.5) is 0 Å². The molecule has 2 N–H and O–H groups in total. The van der Waals surface area contributed by atoms with Crippen LogP contribution in [-0.2, 0) is 9.59 Å². The summed E-state index contributed by atoms with van der Waals surface area (Å²) in [7, 11) is 0. The fourth-order valence-electron chi connectivity index (χ4n) is 10.9. The van der Waals surface area contributed by atoms with Gasteiger partial charge in [-0.2, -0.15) is 0 Å². The number of carbonyl (C=O) groups is 2. The Labute approximate surface area is 206 Å². The summed E-state index contributed by atoms with van der Waals surface area (Å²) < 4.78 is 0. The van der Waals surface area contributed by atoms with Crippen molar-refractivity contribution < 1.29 is 19.8 Å². The van der Waals surface area contributed by atoms with Crippen LogP contribution < -0.4 is 0 Å². The normalized spacial score (nSPS) is 54.5. The fourth-order valence-corrected chi connectivity index (χ4v) is 10.9. The van der Waals surface area contributed by atoms with E-state index in [4.69, 9.17) is 0 Å². The van der Waals surface area contributed by atoms with Crippen LogP contribution in [-0.4, -0.2) is 22.2 Å². The maximum Gasteiger partial charge on any atom is 0.310 e. The Balaban J connectivity index is 1.62. The third-order valence-corrected chi connectivity index (χ3v) is 13.4. The summed E-state index contributed by atoms with van der Waals surface area (Å²) >= 11 is 0. The van der Waals surface area contributed by atoms with Crippen molar-refractivity contribution in [2.75, 3.05) is 0 Å². The Hall–Kier alpha value is -1.32. The molecule has 4 nitrogen and oxygen atoms in total. The van der Waals surface area contributed by atoms with Gasteiger partial charge in [-0.25, -0.2) is 0 Å². The van der Waals surface area contributed by atoms with Crippen LogP contribution in [0.2, 0.25) is 0 Å². The lowest BCUT2D eigenvalue weighted by molar-refractivity contribution is -0.199. The Morgan fingerprint density at radius 2 is 1.56 bits per heavy atom. The van der Waals surface area contributed by atoms with E-state index >= 15 is 0 Å². The second-order valence-corrected chi connectivity index (χ2v) is 14.2. The average Bonchev–Trinajstić information content (AvgIpc) is 2.76. The highest BCUT2D eigenvalue weighted by Gasteiger charge is 2.69. The summed E-state index contributed by atoms with van der Waals surface area (Å²) in [5, 5.41) is 20.8.